The summed E-state index contributed by atoms with van der Waals surface area (Å²) in [7, 11) is 0. The lowest BCUT2D eigenvalue weighted by atomic mass is 10.1. The topological polar surface area (TPSA) is 127 Å². The van der Waals surface area contributed by atoms with E-state index >= 15 is 0 Å². The Morgan fingerprint density at radius 1 is 1.25 bits per heavy atom. The van der Waals surface area contributed by atoms with Crippen LogP contribution < -0.4 is 16.4 Å². The fourth-order valence-corrected chi connectivity index (χ4v) is 2.88. The van der Waals surface area contributed by atoms with Gasteiger partial charge in [-0.2, -0.15) is 13.2 Å². The number of benzene rings is 1. The van der Waals surface area contributed by atoms with Gasteiger partial charge < -0.3 is 20.8 Å². The Bertz CT molecular complexity index is 1030. The minimum absolute atomic E-state index is 0.0760. The lowest BCUT2D eigenvalue weighted by Gasteiger charge is -2.20. The quantitative estimate of drug-likeness (QED) is 0.461. The van der Waals surface area contributed by atoms with E-state index in [1.165, 1.54) is 6.92 Å². The maximum absolute atomic E-state index is 12.5. The van der Waals surface area contributed by atoms with E-state index in [1.54, 1.807) is 24.3 Å². The van der Waals surface area contributed by atoms with Gasteiger partial charge in [0.2, 0.25) is 23.3 Å². The molecule has 0 unspecified atom stereocenters. The number of ketones is 1. The van der Waals surface area contributed by atoms with Gasteiger partial charge in [0.25, 0.3) is 5.91 Å². The van der Waals surface area contributed by atoms with Crippen molar-refractivity contribution in [1.29, 1.82) is 0 Å². The van der Waals surface area contributed by atoms with Crippen LogP contribution in [0.2, 0.25) is 5.02 Å². The number of nitrogens with zero attached hydrogens (tertiary/aromatic N) is 1. The van der Waals surface area contributed by atoms with Crippen molar-refractivity contribution in [3.05, 3.63) is 41.2 Å². The van der Waals surface area contributed by atoms with Gasteiger partial charge in [-0.15, -0.1) is 0 Å². The molecule has 0 spiro atoms. The van der Waals surface area contributed by atoms with Crippen LogP contribution in [0.25, 0.3) is 11.5 Å². The van der Waals surface area contributed by atoms with Gasteiger partial charge in [-0.25, -0.2) is 4.98 Å². The highest BCUT2D eigenvalue weighted by Gasteiger charge is 2.33. The van der Waals surface area contributed by atoms with Gasteiger partial charge in [0.15, 0.2) is 0 Å². The van der Waals surface area contributed by atoms with Crippen LogP contribution in [-0.2, 0) is 9.59 Å². The molecule has 2 atom stereocenters. The molecule has 32 heavy (non-hydrogen) atoms. The summed E-state index contributed by atoms with van der Waals surface area (Å²) >= 11 is 10.6. The molecule has 0 saturated carbocycles. The molecular formula is C19H18ClF3N4O4S. The van der Waals surface area contributed by atoms with E-state index < -0.39 is 53.7 Å². The van der Waals surface area contributed by atoms with Gasteiger partial charge >= 0.3 is 6.18 Å². The number of nitrogens with one attached hydrogen (secondary N) is 2. The Morgan fingerprint density at radius 2 is 1.91 bits per heavy atom. The Morgan fingerprint density at radius 3 is 2.50 bits per heavy atom. The number of halogens is 4. The van der Waals surface area contributed by atoms with Crippen molar-refractivity contribution in [3.8, 4) is 11.5 Å². The van der Waals surface area contributed by atoms with Crippen LogP contribution in [0.15, 0.2) is 34.9 Å². The molecule has 0 aliphatic heterocycles. The smallest absolute Gasteiger partial charge is 0.389 e. The first-order valence-corrected chi connectivity index (χ1v) is 9.90. The molecule has 0 aliphatic rings. The Kier molecular flexibility index (Phi) is 8.33. The van der Waals surface area contributed by atoms with Crippen molar-refractivity contribution < 1.29 is 32.0 Å². The van der Waals surface area contributed by atoms with Crippen LogP contribution in [0.1, 0.15) is 30.3 Å². The summed E-state index contributed by atoms with van der Waals surface area (Å²) in [5.41, 5.74) is 5.64. The van der Waals surface area contributed by atoms with E-state index in [0.717, 1.165) is 6.20 Å². The number of carbonyl (C=O) groups is 3. The predicted octanol–water partition coefficient (Wildman–Crippen LogP) is 2.80. The van der Waals surface area contributed by atoms with Gasteiger partial charge in [0.1, 0.15) is 11.0 Å². The third-order valence-electron chi connectivity index (χ3n) is 4.17. The van der Waals surface area contributed by atoms with Gasteiger partial charge in [-0.1, -0.05) is 36.0 Å². The lowest BCUT2D eigenvalue weighted by Crippen LogP contribution is -2.52. The highest BCUT2D eigenvalue weighted by atomic mass is 35.5. The fraction of sp³-hybridized carbons (Fsp3) is 0.316. The molecule has 0 saturated heterocycles. The second kappa shape index (κ2) is 10.6. The van der Waals surface area contributed by atoms with Crippen molar-refractivity contribution in [2.45, 2.75) is 38.0 Å². The summed E-state index contributed by atoms with van der Waals surface area (Å²) in [5.74, 6) is -2.90. The third-order valence-corrected chi connectivity index (χ3v) is 4.70. The Hall–Kier alpha value is -2.99. The molecule has 8 nitrogen and oxygen atoms in total. The average molecular weight is 491 g/mol. The number of thiocarbonyl (C=S) groups is 1. The molecule has 2 rings (SSSR count). The minimum atomic E-state index is -4.55. The molecule has 172 valence electrons. The highest BCUT2D eigenvalue weighted by Crippen LogP contribution is 2.27. The van der Waals surface area contributed by atoms with Crippen LogP contribution in [-0.4, -0.2) is 45.8 Å². The summed E-state index contributed by atoms with van der Waals surface area (Å²) in [6.45, 7) is 1.27. The molecule has 13 heteroatoms. The standard InChI is InChI=1S/C19H18ClF3N4O4S/c1-9(16(29)27-12(14(28)15(24)32)6-7-19(21,22)23)26-17(30)13-8-25-18(31-13)10-4-2-3-5-11(10)20/h2-5,8-9,12H,6-7H2,1H3,(H2,24,32)(H,26,30)(H,27,29)/t9-,12-/m0/s1. The largest absolute Gasteiger partial charge is 0.431 e. The molecule has 0 radical (unpaired) electrons. The first kappa shape index (κ1) is 25.3. The van der Waals surface area contributed by atoms with E-state index in [1.807, 2.05) is 0 Å². The number of oxazole rings is 1. The van der Waals surface area contributed by atoms with Crippen LogP contribution in [0.5, 0.6) is 0 Å². The van der Waals surface area contributed by atoms with Crippen molar-refractivity contribution in [2.24, 2.45) is 5.73 Å². The Balaban J connectivity index is 2.04. The second-order valence-corrected chi connectivity index (χ2v) is 7.50. The number of Topliss-reactive ketones (excluding diaryl/α,β-unsaturated/α-hetero) is 1. The number of alkyl halides is 3. The third kappa shape index (κ3) is 7.02. The van der Waals surface area contributed by atoms with E-state index in [4.69, 9.17) is 21.8 Å². The van der Waals surface area contributed by atoms with Crippen molar-refractivity contribution in [2.75, 3.05) is 0 Å². The van der Waals surface area contributed by atoms with E-state index in [-0.39, 0.29) is 11.7 Å². The van der Waals surface area contributed by atoms with Gasteiger partial charge in [-0.05, 0) is 25.5 Å². The zero-order valence-corrected chi connectivity index (χ0v) is 18.1. The maximum Gasteiger partial charge on any atom is 0.389 e. The Labute approximate surface area is 190 Å². The molecule has 1 heterocycles. The molecule has 1 aromatic heterocycles. The summed E-state index contributed by atoms with van der Waals surface area (Å²) in [5, 5.41) is 4.79. The van der Waals surface area contributed by atoms with Crippen molar-refractivity contribution in [1.82, 2.24) is 15.6 Å². The molecule has 2 aromatic rings. The van der Waals surface area contributed by atoms with Crippen LogP contribution in [0, 0.1) is 0 Å². The molecule has 0 fully saturated rings. The average Bonchev–Trinajstić information content (AvgIpc) is 3.20. The number of rotatable bonds is 9. The zero-order valence-electron chi connectivity index (χ0n) is 16.5. The summed E-state index contributed by atoms with van der Waals surface area (Å²) < 4.78 is 42.9. The lowest BCUT2D eigenvalue weighted by molar-refractivity contribution is -0.139. The van der Waals surface area contributed by atoms with E-state index in [9.17, 15) is 27.6 Å². The van der Waals surface area contributed by atoms with Crippen LogP contribution >= 0.6 is 23.8 Å². The number of amides is 2. The van der Waals surface area contributed by atoms with Crippen molar-refractivity contribution >= 4 is 46.4 Å². The molecule has 0 aliphatic carbocycles. The number of hydrogen-bond donors (Lipinski definition) is 3. The summed E-state index contributed by atoms with van der Waals surface area (Å²) in [6.07, 6.45) is -5.52. The van der Waals surface area contributed by atoms with E-state index in [0.29, 0.717) is 10.6 Å². The molecule has 1 aromatic carbocycles. The highest BCUT2D eigenvalue weighted by molar-refractivity contribution is 7.82. The maximum atomic E-state index is 12.5. The minimum Gasteiger partial charge on any atom is -0.431 e. The molecular weight excluding hydrogens is 473 g/mol. The van der Waals surface area contributed by atoms with Gasteiger partial charge in [0.05, 0.1) is 22.8 Å². The SMILES string of the molecule is C[C@H](NC(=O)c1cnc(-c2ccccc2Cl)o1)C(=O)N[C@@H](CCC(F)(F)F)C(=O)C(N)=S. The summed E-state index contributed by atoms with van der Waals surface area (Å²) in [6, 6.07) is 3.82. The first-order valence-electron chi connectivity index (χ1n) is 9.11. The zero-order chi connectivity index (χ0) is 24.1. The van der Waals surface area contributed by atoms with Gasteiger partial charge in [-0.3, -0.25) is 14.4 Å². The number of nitrogens with two attached hydrogens (primary N) is 1. The van der Waals surface area contributed by atoms with E-state index in [2.05, 4.69) is 27.8 Å². The predicted molar refractivity (Wildman–Crippen MR) is 113 cm³/mol. The number of aromatic nitrogens is 1. The van der Waals surface area contributed by atoms with Gasteiger partial charge in [0, 0.05) is 6.42 Å². The summed E-state index contributed by atoms with van der Waals surface area (Å²) in [4.78, 5) is 40.0. The second-order valence-electron chi connectivity index (χ2n) is 6.65. The fourth-order valence-electron chi connectivity index (χ4n) is 2.52. The molecule has 0 bridgehead atoms. The number of hydrogen-bond acceptors (Lipinski definition) is 6. The number of carbonyl (C=O) groups excluding carboxylic acids is 3. The molecule has 4 N–H and O–H groups in total. The normalized spacial score (nSPS) is 13.2. The van der Waals surface area contributed by atoms with Crippen LogP contribution in [0.3, 0.4) is 0 Å². The van der Waals surface area contributed by atoms with Crippen LogP contribution in [0.4, 0.5) is 13.2 Å². The molecule has 2 amide bonds. The monoisotopic (exact) mass is 490 g/mol. The first-order chi connectivity index (χ1) is 14.9. The van der Waals surface area contributed by atoms with Crippen molar-refractivity contribution in [3.63, 3.8) is 0 Å².